The first-order chi connectivity index (χ1) is 12.5. The predicted molar refractivity (Wildman–Crippen MR) is 95.9 cm³/mol. The van der Waals surface area contributed by atoms with Crippen LogP contribution >= 0.6 is 11.6 Å². The molecule has 4 rings (SSSR count). The Hall–Kier alpha value is -2.64. The number of carbonyl (C=O) groups excluding carboxylic acids is 1. The molecule has 1 aromatic carbocycles. The van der Waals surface area contributed by atoms with Crippen molar-refractivity contribution in [1.82, 2.24) is 10.1 Å². The molecular weight excluding hydrogens is 356 g/mol. The Bertz CT molecular complexity index is 974. The fourth-order valence-corrected chi connectivity index (χ4v) is 3.11. The lowest BCUT2D eigenvalue weighted by Crippen LogP contribution is -2.44. The van der Waals surface area contributed by atoms with E-state index in [4.69, 9.17) is 26.3 Å². The second-order valence-corrected chi connectivity index (χ2v) is 6.90. The lowest BCUT2D eigenvalue weighted by atomic mass is 9.77. The van der Waals surface area contributed by atoms with Gasteiger partial charge >= 0.3 is 0 Å². The van der Waals surface area contributed by atoms with E-state index in [1.54, 1.807) is 31.2 Å². The van der Waals surface area contributed by atoms with Gasteiger partial charge in [0.2, 0.25) is 0 Å². The van der Waals surface area contributed by atoms with Crippen molar-refractivity contribution in [1.29, 1.82) is 0 Å². The van der Waals surface area contributed by atoms with Gasteiger partial charge in [0.25, 0.3) is 11.8 Å². The van der Waals surface area contributed by atoms with Crippen LogP contribution in [-0.2, 0) is 5.54 Å². The van der Waals surface area contributed by atoms with Gasteiger partial charge in [-0.05, 0) is 50.5 Å². The molecule has 134 valence electrons. The summed E-state index contributed by atoms with van der Waals surface area (Å²) in [5.74, 6) is 0.985. The van der Waals surface area contributed by atoms with Gasteiger partial charge in [-0.25, -0.2) is 0 Å². The van der Waals surface area contributed by atoms with Gasteiger partial charge in [0.1, 0.15) is 5.76 Å². The van der Waals surface area contributed by atoms with Crippen LogP contribution in [0.4, 0.5) is 5.69 Å². The van der Waals surface area contributed by atoms with E-state index in [0.29, 0.717) is 33.4 Å². The molecule has 1 aliphatic rings. The predicted octanol–water partition coefficient (Wildman–Crippen LogP) is 3.88. The zero-order chi connectivity index (χ0) is 18.3. The van der Waals surface area contributed by atoms with Crippen LogP contribution in [0.5, 0.6) is 0 Å². The quantitative estimate of drug-likeness (QED) is 0.719. The minimum absolute atomic E-state index is 0.285. The van der Waals surface area contributed by atoms with Crippen molar-refractivity contribution in [2.24, 2.45) is 5.73 Å². The number of benzene rings is 1. The zero-order valence-corrected chi connectivity index (χ0v) is 14.8. The maximum absolute atomic E-state index is 12.5. The maximum Gasteiger partial charge on any atom is 0.260 e. The van der Waals surface area contributed by atoms with E-state index in [-0.39, 0.29) is 11.8 Å². The molecule has 0 bridgehead atoms. The SMILES string of the molecule is Cc1occc1C(=O)Nc1cc(Cl)ccc1-c1nc(C2(N)CCC2)no1. The molecule has 3 aromatic rings. The molecule has 0 saturated heterocycles. The van der Waals surface area contributed by atoms with Crippen molar-refractivity contribution in [3.63, 3.8) is 0 Å². The molecule has 0 aliphatic heterocycles. The van der Waals surface area contributed by atoms with Crippen molar-refractivity contribution < 1.29 is 13.7 Å². The number of carbonyl (C=O) groups is 1. The first kappa shape index (κ1) is 16.8. The second-order valence-electron chi connectivity index (χ2n) is 6.47. The van der Waals surface area contributed by atoms with Crippen molar-refractivity contribution in [2.45, 2.75) is 31.7 Å². The standard InChI is InChI=1S/C18H17ClN4O3/c1-10-12(5-8-25-10)15(24)21-14-9-11(19)3-4-13(14)16-22-17(23-26-16)18(20)6-2-7-18/h3-5,8-9H,2,6-7,20H2,1H3,(H,21,24). The third-order valence-electron chi connectivity index (χ3n) is 4.68. The van der Waals surface area contributed by atoms with E-state index in [2.05, 4.69) is 15.5 Å². The summed E-state index contributed by atoms with van der Waals surface area (Å²) in [6, 6.07) is 6.66. The van der Waals surface area contributed by atoms with Crippen molar-refractivity contribution in [2.75, 3.05) is 5.32 Å². The van der Waals surface area contributed by atoms with Gasteiger partial charge in [0, 0.05) is 5.02 Å². The minimum Gasteiger partial charge on any atom is -0.469 e. The lowest BCUT2D eigenvalue weighted by molar-refractivity contribution is 0.102. The topological polar surface area (TPSA) is 107 Å². The van der Waals surface area contributed by atoms with Crippen molar-refractivity contribution >= 4 is 23.2 Å². The maximum atomic E-state index is 12.5. The molecule has 1 saturated carbocycles. The summed E-state index contributed by atoms with van der Waals surface area (Å²) >= 11 is 6.10. The number of aromatic nitrogens is 2. The monoisotopic (exact) mass is 372 g/mol. The number of nitrogens with zero attached hydrogens (tertiary/aromatic N) is 2. The van der Waals surface area contributed by atoms with E-state index in [0.717, 1.165) is 19.3 Å². The summed E-state index contributed by atoms with van der Waals surface area (Å²) < 4.78 is 10.6. The molecule has 7 nitrogen and oxygen atoms in total. The smallest absolute Gasteiger partial charge is 0.260 e. The Labute approximate surface area is 154 Å². The van der Waals surface area contributed by atoms with Gasteiger partial charge in [-0.1, -0.05) is 16.8 Å². The van der Waals surface area contributed by atoms with Gasteiger partial charge in [0.15, 0.2) is 5.82 Å². The first-order valence-corrected chi connectivity index (χ1v) is 8.62. The fraction of sp³-hybridized carbons (Fsp3) is 0.278. The number of hydrogen-bond acceptors (Lipinski definition) is 6. The molecule has 0 radical (unpaired) electrons. The highest BCUT2D eigenvalue weighted by molar-refractivity contribution is 6.31. The number of hydrogen-bond donors (Lipinski definition) is 2. The van der Waals surface area contributed by atoms with Crippen molar-refractivity contribution in [3.8, 4) is 11.5 Å². The van der Waals surface area contributed by atoms with E-state index >= 15 is 0 Å². The van der Waals surface area contributed by atoms with E-state index < -0.39 is 5.54 Å². The Morgan fingerprint density at radius 3 is 2.81 bits per heavy atom. The average Bonchev–Trinajstić information content (AvgIpc) is 3.22. The normalized spacial score (nSPS) is 15.5. The molecule has 1 amide bonds. The summed E-state index contributed by atoms with van der Waals surface area (Å²) in [4.78, 5) is 16.9. The van der Waals surface area contributed by atoms with Gasteiger partial charge < -0.3 is 20.0 Å². The number of halogens is 1. The van der Waals surface area contributed by atoms with Crippen molar-refractivity contribution in [3.05, 3.63) is 52.7 Å². The third kappa shape index (κ3) is 2.89. The Morgan fingerprint density at radius 1 is 1.35 bits per heavy atom. The number of amides is 1. The largest absolute Gasteiger partial charge is 0.469 e. The minimum atomic E-state index is -0.522. The third-order valence-corrected chi connectivity index (χ3v) is 4.92. The lowest BCUT2D eigenvalue weighted by Gasteiger charge is -2.34. The van der Waals surface area contributed by atoms with E-state index in [9.17, 15) is 4.79 Å². The summed E-state index contributed by atoms with van der Waals surface area (Å²) in [7, 11) is 0. The molecule has 3 N–H and O–H groups in total. The molecule has 26 heavy (non-hydrogen) atoms. The molecule has 1 fully saturated rings. The number of nitrogens with two attached hydrogens (primary N) is 1. The summed E-state index contributed by atoms with van der Waals surface area (Å²) in [6.45, 7) is 1.72. The molecule has 0 atom stereocenters. The van der Waals surface area contributed by atoms with Gasteiger partial charge in [-0.15, -0.1) is 0 Å². The average molecular weight is 373 g/mol. The Balaban J connectivity index is 1.67. The van der Waals surface area contributed by atoms with E-state index in [1.165, 1.54) is 6.26 Å². The highest BCUT2D eigenvalue weighted by Gasteiger charge is 2.39. The number of anilines is 1. The summed E-state index contributed by atoms with van der Waals surface area (Å²) in [6.07, 6.45) is 4.17. The first-order valence-electron chi connectivity index (χ1n) is 8.25. The van der Waals surface area contributed by atoms with Gasteiger partial charge in [0.05, 0.1) is 28.6 Å². The summed E-state index contributed by atoms with van der Waals surface area (Å²) in [5, 5.41) is 7.32. The van der Waals surface area contributed by atoms with Crippen LogP contribution < -0.4 is 11.1 Å². The van der Waals surface area contributed by atoms with Crippen LogP contribution in [0.1, 0.15) is 41.2 Å². The van der Waals surface area contributed by atoms with Crippen LogP contribution in [0.25, 0.3) is 11.5 Å². The van der Waals surface area contributed by atoms with Gasteiger partial charge in [-0.3, -0.25) is 4.79 Å². The molecule has 0 spiro atoms. The van der Waals surface area contributed by atoms with Crippen LogP contribution in [0.3, 0.4) is 0 Å². The number of rotatable bonds is 4. The molecule has 1 aliphatic carbocycles. The number of nitrogens with one attached hydrogen (secondary N) is 1. The number of furan rings is 1. The van der Waals surface area contributed by atoms with Crippen LogP contribution in [0.15, 0.2) is 39.5 Å². The highest BCUT2D eigenvalue weighted by Crippen LogP contribution is 2.38. The molecule has 2 heterocycles. The molecule has 8 heteroatoms. The molecular formula is C18H17ClN4O3. The Kier molecular flexibility index (Phi) is 4.05. The summed E-state index contributed by atoms with van der Waals surface area (Å²) in [5.41, 5.74) is 7.22. The van der Waals surface area contributed by atoms with Crippen LogP contribution in [0.2, 0.25) is 5.02 Å². The highest BCUT2D eigenvalue weighted by atomic mass is 35.5. The van der Waals surface area contributed by atoms with E-state index in [1.807, 2.05) is 0 Å². The molecule has 2 aromatic heterocycles. The second kappa shape index (κ2) is 6.26. The number of aryl methyl sites for hydroxylation is 1. The van der Waals surface area contributed by atoms with Crippen LogP contribution in [0, 0.1) is 6.92 Å². The molecule has 0 unspecified atom stereocenters. The zero-order valence-electron chi connectivity index (χ0n) is 14.1. The fourth-order valence-electron chi connectivity index (χ4n) is 2.93. The van der Waals surface area contributed by atoms with Gasteiger partial charge in [-0.2, -0.15) is 4.98 Å². The Morgan fingerprint density at radius 2 is 2.15 bits per heavy atom. The van der Waals surface area contributed by atoms with Crippen LogP contribution in [-0.4, -0.2) is 16.0 Å².